The largest absolute Gasteiger partial charge is 0.414 e. The van der Waals surface area contributed by atoms with Crippen LogP contribution in [0.3, 0.4) is 0 Å². The second kappa shape index (κ2) is 9.00. The van der Waals surface area contributed by atoms with Gasteiger partial charge in [-0.25, -0.2) is 0 Å². The number of nitrogens with zero attached hydrogens (tertiary/aromatic N) is 2. The van der Waals surface area contributed by atoms with E-state index in [0.717, 1.165) is 23.0 Å². The molecule has 0 bridgehead atoms. The minimum atomic E-state index is -0.222. The topological polar surface area (TPSA) is 97.1 Å². The number of nitrogens with one attached hydrogen (secondary N) is 2. The van der Waals surface area contributed by atoms with E-state index in [2.05, 4.69) is 20.8 Å². The molecule has 0 fully saturated rings. The van der Waals surface area contributed by atoms with Crippen molar-refractivity contribution in [1.29, 1.82) is 0 Å². The number of aromatic nitrogens is 2. The molecule has 2 amide bonds. The maximum atomic E-state index is 12.0. The van der Waals surface area contributed by atoms with Gasteiger partial charge in [-0.05, 0) is 36.8 Å². The Hall–Kier alpha value is -3.13. The van der Waals surface area contributed by atoms with E-state index in [1.165, 1.54) is 0 Å². The maximum Gasteiger partial charge on any atom is 0.277 e. The third kappa shape index (κ3) is 5.68. The monoisotopic (exact) mass is 382 g/mol. The lowest BCUT2D eigenvalue weighted by Crippen LogP contribution is -2.22. The Morgan fingerprint density at radius 1 is 1.07 bits per heavy atom. The fraction of sp³-hybridized carbons (Fsp3) is 0.158. The quantitative estimate of drug-likeness (QED) is 0.610. The Bertz CT molecular complexity index is 927. The number of hydrogen-bond donors (Lipinski definition) is 2. The van der Waals surface area contributed by atoms with Gasteiger partial charge >= 0.3 is 0 Å². The predicted octanol–water partition coefficient (Wildman–Crippen LogP) is 3.04. The molecule has 2 N–H and O–H groups in total. The number of carbonyl (C=O) groups excluding carboxylic acids is 2. The number of amides is 2. The van der Waals surface area contributed by atoms with Gasteiger partial charge in [-0.15, -0.1) is 10.2 Å². The molecule has 0 radical (unpaired) electrons. The normalized spacial score (nSPS) is 10.4. The van der Waals surface area contributed by atoms with E-state index in [-0.39, 0.29) is 35.2 Å². The average Bonchev–Trinajstić information content (AvgIpc) is 3.13. The Kier molecular flexibility index (Phi) is 6.22. The van der Waals surface area contributed by atoms with Crippen molar-refractivity contribution in [3.05, 3.63) is 71.6 Å². The smallest absolute Gasteiger partial charge is 0.277 e. The van der Waals surface area contributed by atoms with Gasteiger partial charge in [-0.3, -0.25) is 9.59 Å². The molecular weight excluding hydrogens is 364 g/mol. The number of anilines is 1. The molecule has 0 aliphatic heterocycles. The van der Waals surface area contributed by atoms with E-state index in [1.807, 2.05) is 37.3 Å². The highest BCUT2D eigenvalue weighted by Gasteiger charge is 2.11. The van der Waals surface area contributed by atoms with Crippen LogP contribution in [0.25, 0.3) is 0 Å². The number of thioether (sulfide) groups is 1. The maximum absolute atomic E-state index is 12.0. The molecule has 0 aliphatic rings. The molecule has 0 unspecified atom stereocenters. The van der Waals surface area contributed by atoms with Gasteiger partial charge in [0.1, 0.15) is 0 Å². The van der Waals surface area contributed by atoms with Crippen molar-refractivity contribution in [2.24, 2.45) is 0 Å². The lowest BCUT2D eigenvalue weighted by Gasteiger charge is -2.04. The fourth-order valence-electron chi connectivity index (χ4n) is 2.26. The number of aryl methyl sites for hydroxylation is 1. The zero-order valence-electron chi connectivity index (χ0n) is 14.6. The third-order valence-corrected chi connectivity index (χ3v) is 4.33. The van der Waals surface area contributed by atoms with Crippen molar-refractivity contribution in [3.63, 3.8) is 0 Å². The molecule has 2 aromatic carbocycles. The minimum Gasteiger partial charge on any atom is -0.414 e. The Morgan fingerprint density at radius 3 is 2.67 bits per heavy atom. The van der Waals surface area contributed by atoms with Gasteiger partial charge in [0.2, 0.25) is 11.8 Å². The fourth-order valence-corrected chi connectivity index (χ4v) is 2.84. The van der Waals surface area contributed by atoms with E-state index in [4.69, 9.17) is 4.42 Å². The van der Waals surface area contributed by atoms with E-state index in [0.29, 0.717) is 5.56 Å². The molecule has 0 spiro atoms. The highest BCUT2D eigenvalue weighted by Crippen LogP contribution is 2.17. The molecule has 0 aliphatic carbocycles. The molecule has 1 heterocycles. The van der Waals surface area contributed by atoms with Crippen LogP contribution in [-0.2, 0) is 11.3 Å². The summed E-state index contributed by atoms with van der Waals surface area (Å²) in [5, 5.41) is 13.5. The van der Waals surface area contributed by atoms with Crippen LogP contribution in [0.4, 0.5) is 5.69 Å². The van der Waals surface area contributed by atoms with Gasteiger partial charge in [0.05, 0.1) is 12.3 Å². The molecule has 1 aromatic heterocycles. The summed E-state index contributed by atoms with van der Waals surface area (Å²) in [4.78, 5) is 24.0. The van der Waals surface area contributed by atoms with Gasteiger partial charge in [-0.1, -0.05) is 42.1 Å². The van der Waals surface area contributed by atoms with Crippen LogP contribution in [-0.4, -0.2) is 27.8 Å². The van der Waals surface area contributed by atoms with E-state index < -0.39 is 0 Å². The third-order valence-electron chi connectivity index (χ3n) is 3.51. The summed E-state index contributed by atoms with van der Waals surface area (Å²) in [6.07, 6.45) is 0. The first-order valence-electron chi connectivity index (χ1n) is 8.25. The lowest BCUT2D eigenvalue weighted by atomic mass is 10.2. The summed E-state index contributed by atoms with van der Waals surface area (Å²) in [7, 11) is 0. The van der Waals surface area contributed by atoms with Crippen LogP contribution in [0, 0.1) is 6.92 Å². The predicted molar refractivity (Wildman–Crippen MR) is 102 cm³/mol. The van der Waals surface area contributed by atoms with Crippen LogP contribution in [0.15, 0.2) is 64.2 Å². The lowest BCUT2D eigenvalue weighted by molar-refractivity contribution is -0.113. The van der Waals surface area contributed by atoms with Crippen molar-refractivity contribution in [2.45, 2.75) is 18.7 Å². The van der Waals surface area contributed by atoms with Gasteiger partial charge in [0.15, 0.2) is 0 Å². The minimum absolute atomic E-state index is 0.122. The summed E-state index contributed by atoms with van der Waals surface area (Å²) in [5.74, 6) is 0.0375. The summed E-state index contributed by atoms with van der Waals surface area (Å²) >= 11 is 1.14. The van der Waals surface area contributed by atoms with Gasteiger partial charge in [-0.2, -0.15) is 0 Å². The molecule has 3 rings (SSSR count). The van der Waals surface area contributed by atoms with Gasteiger partial charge in [0.25, 0.3) is 11.1 Å². The van der Waals surface area contributed by atoms with E-state index >= 15 is 0 Å². The molecule has 7 nitrogen and oxygen atoms in total. The van der Waals surface area contributed by atoms with Crippen molar-refractivity contribution in [3.8, 4) is 0 Å². The Morgan fingerprint density at radius 2 is 1.89 bits per heavy atom. The molecule has 0 saturated carbocycles. The summed E-state index contributed by atoms with van der Waals surface area (Å²) in [5.41, 5.74) is 2.37. The first kappa shape index (κ1) is 18.7. The number of benzene rings is 2. The zero-order valence-corrected chi connectivity index (χ0v) is 15.5. The van der Waals surface area contributed by atoms with Crippen molar-refractivity contribution in [2.75, 3.05) is 11.1 Å². The molecule has 0 saturated heterocycles. The van der Waals surface area contributed by atoms with Crippen LogP contribution < -0.4 is 10.6 Å². The highest BCUT2D eigenvalue weighted by molar-refractivity contribution is 7.99. The van der Waals surface area contributed by atoms with E-state index in [1.54, 1.807) is 24.3 Å². The summed E-state index contributed by atoms with van der Waals surface area (Å²) in [6, 6.07) is 16.4. The second-order valence-corrected chi connectivity index (χ2v) is 6.64. The summed E-state index contributed by atoms with van der Waals surface area (Å²) < 4.78 is 5.44. The number of rotatable bonds is 7. The Balaban J connectivity index is 1.45. The number of carbonyl (C=O) groups is 2. The van der Waals surface area contributed by atoms with Crippen LogP contribution in [0.2, 0.25) is 0 Å². The molecule has 27 heavy (non-hydrogen) atoms. The number of hydrogen-bond acceptors (Lipinski definition) is 6. The molecule has 0 atom stereocenters. The van der Waals surface area contributed by atoms with Crippen LogP contribution >= 0.6 is 11.8 Å². The first-order chi connectivity index (χ1) is 13.1. The van der Waals surface area contributed by atoms with Crippen LogP contribution in [0.5, 0.6) is 0 Å². The molecule has 3 aromatic rings. The molecule has 8 heteroatoms. The van der Waals surface area contributed by atoms with Crippen molar-refractivity contribution >= 4 is 29.3 Å². The average molecular weight is 382 g/mol. The van der Waals surface area contributed by atoms with E-state index in [9.17, 15) is 9.59 Å². The standard InChI is InChI=1S/C19H18N4O3S/c1-13-6-5-9-15(10-13)21-16(24)12-27-19-23-22-17(26-19)11-20-18(25)14-7-3-2-4-8-14/h2-10H,11-12H2,1H3,(H,20,25)(H,21,24). The van der Waals surface area contributed by atoms with Crippen molar-refractivity contribution < 1.29 is 14.0 Å². The SMILES string of the molecule is Cc1cccc(NC(=O)CSc2nnc(CNC(=O)c3ccccc3)o2)c1. The van der Waals surface area contributed by atoms with Crippen molar-refractivity contribution in [1.82, 2.24) is 15.5 Å². The van der Waals surface area contributed by atoms with Crippen LogP contribution in [0.1, 0.15) is 21.8 Å². The zero-order chi connectivity index (χ0) is 19.1. The summed E-state index contributed by atoms with van der Waals surface area (Å²) in [6.45, 7) is 2.08. The second-order valence-electron chi connectivity index (χ2n) is 5.72. The first-order valence-corrected chi connectivity index (χ1v) is 9.23. The Labute approximate surface area is 160 Å². The molecule has 138 valence electrons. The highest BCUT2D eigenvalue weighted by atomic mass is 32.2. The van der Waals surface area contributed by atoms with Gasteiger partial charge < -0.3 is 15.1 Å². The van der Waals surface area contributed by atoms with Gasteiger partial charge in [0, 0.05) is 11.3 Å². The molecular formula is C19H18N4O3S.